The molecule has 0 saturated carbocycles. The lowest BCUT2D eigenvalue weighted by molar-refractivity contribution is -0.0316. The van der Waals surface area contributed by atoms with Gasteiger partial charge in [0.25, 0.3) is 0 Å². The molecule has 0 aliphatic rings. The van der Waals surface area contributed by atoms with Gasteiger partial charge >= 0.3 is 0 Å². The van der Waals surface area contributed by atoms with Crippen LogP contribution in [0, 0.1) is 0 Å². The number of hydrogen-bond donors (Lipinski definition) is 0. The van der Waals surface area contributed by atoms with Crippen LogP contribution < -0.4 is 0 Å². The van der Waals surface area contributed by atoms with Crippen molar-refractivity contribution in [3.05, 3.63) is 42.0 Å². The largest absolute Gasteiger partial charge is 0.371 e. The van der Waals surface area contributed by atoms with E-state index >= 15 is 0 Å². The molecule has 0 saturated heterocycles. The Kier molecular flexibility index (Phi) is 4.10. The van der Waals surface area contributed by atoms with Crippen molar-refractivity contribution >= 4 is 6.08 Å². The van der Waals surface area contributed by atoms with Crippen LogP contribution in [0.2, 0.25) is 0 Å². The fourth-order valence-electron chi connectivity index (χ4n) is 1.19. The molecule has 15 heavy (non-hydrogen) atoms. The van der Waals surface area contributed by atoms with E-state index in [2.05, 4.69) is 39.5 Å². The second-order valence-corrected chi connectivity index (χ2v) is 4.35. The molecule has 0 atom stereocenters. The first kappa shape index (κ1) is 12.0. The van der Waals surface area contributed by atoms with Crippen LogP contribution in [0.25, 0.3) is 6.08 Å². The van der Waals surface area contributed by atoms with Gasteiger partial charge in [0.2, 0.25) is 0 Å². The molecule has 1 aromatic carbocycles. The summed E-state index contributed by atoms with van der Waals surface area (Å²) in [6.45, 7) is 10.8. The molecule has 1 heteroatoms. The average molecular weight is 204 g/mol. The summed E-state index contributed by atoms with van der Waals surface area (Å²) in [6, 6.07) is 8.27. The van der Waals surface area contributed by atoms with Crippen LogP contribution in [0.1, 0.15) is 38.3 Å². The summed E-state index contributed by atoms with van der Waals surface area (Å²) in [5.41, 5.74) is 2.31. The summed E-state index contributed by atoms with van der Waals surface area (Å²) in [7, 11) is 0. The molecule has 0 heterocycles. The molecule has 1 rings (SSSR count). The van der Waals surface area contributed by atoms with Gasteiger partial charge in [-0.15, -0.1) is 0 Å². The third-order valence-corrected chi connectivity index (χ3v) is 2.67. The monoisotopic (exact) mass is 204 g/mol. The minimum absolute atomic E-state index is 0.0375. The lowest BCUT2D eigenvalue weighted by Crippen LogP contribution is -2.22. The van der Waals surface area contributed by atoms with Crippen molar-refractivity contribution in [3.8, 4) is 0 Å². The lowest BCUT2D eigenvalue weighted by atomic mass is 10.1. The highest BCUT2D eigenvalue weighted by atomic mass is 16.5. The molecule has 0 radical (unpaired) electrons. The first-order valence-electron chi connectivity index (χ1n) is 5.43. The molecule has 0 bridgehead atoms. The molecule has 0 unspecified atom stereocenters. The van der Waals surface area contributed by atoms with E-state index in [0.29, 0.717) is 6.61 Å². The Morgan fingerprint density at radius 3 is 2.73 bits per heavy atom. The lowest BCUT2D eigenvalue weighted by Gasteiger charge is -2.23. The van der Waals surface area contributed by atoms with Gasteiger partial charge in [0.1, 0.15) is 0 Å². The van der Waals surface area contributed by atoms with Gasteiger partial charge in [-0.1, -0.05) is 37.8 Å². The van der Waals surface area contributed by atoms with Crippen molar-refractivity contribution < 1.29 is 4.74 Å². The molecular weight excluding hydrogens is 184 g/mol. The second kappa shape index (κ2) is 5.13. The van der Waals surface area contributed by atoms with Gasteiger partial charge < -0.3 is 4.74 Å². The highest BCUT2D eigenvalue weighted by molar-refractivity contribution is 5.47. The Balaban J connectivity index is 2.61. The zero-order chi connectivity index (χ0) is 11.3. The summed E-state index contributed by atoms with van der Waals surface area (Å²) in [5, 5.41) is 0. The molecule has 0 spiro atoms. The quantitative estimate of drug-likeness (QED) is 0.703. The van der Waals surface area contributed by atoms with Gasteiger partial charge in [0, 0.05) is 0 Å². The van der Waals surface area contributed by atoms with Crippen LogP contribution in [0.15, 0.2) is 30.8 Å². The fraction of sp³-hybridized carbons (Fsp3) is 0.429. The summed E-state index contributed by atoms with van der Waals surface area (Å²) >= 11 is 0. The number of ether oxygens (including phenoxy) is 1. The fourth-order valence-corrected chi connectivity index (χ4v) is 1.19. The second-order valence-electron chi connectivity index (χ2n) is 4.35. The van der Waals surface area contributed by atoms with Gasteiger partial charge in [-0.25, -0.2) is 0 Å². The van der Waals surface area contributed by atoms with Crippen molar-refractivity contribution in [1.82, 2.24) is 0 Å². The molecule has 1 aromatic rings. The van der Waals surface area contributed by atoms with Gasteiger partial charge in [0.05, 0.1) is 12.2 Å². The zero-order valence-electron chi connectivity index (χ0n) is 9.92. The number of benzene rings is 1. The summed E-state index contributed by atoms with van der Waals surface area (Å²) in [5.74, 6) is 0. The van der Waals surface area contributed by atoms with Gasteiger partial charge in [0.15, 0.2) is 0 Å². The van der Waals surface area contributed by atoms with E-state index in [1.165, 1.54) is 5.56 Å². The third kappa shape index (κ3) is 3.88. The first-order chi connectivity index (χ1) is 7.07. The van der Waals surface area contributed by atoms with Crippen LogP contribution in [0.5, 0.6) is 0 Å². The molecule has 0 aliphatic carbocycles. The maximum Gasteiger partial charge on any atom is 0.0724 e. The number of hydrogen-bond acceptors (Lipinski definition) is 1. The Labute approximate surface area is 92.8 Å². The Hall–Kier alpha value is -1.08. The van der Waals surface area contributed by atoms with Crippen LogP contribution >= 0.6 is 0 Å². The molecule has 0 aliphatic heterocycles. The van der Waals surface area contributed by atoms with E-state index in [1.54, 1.807) is 0 Å². The zero-order valence-corrected chi connectivity index (χ0v) is 9.92. The van der Waals surface area contributed by atoms with Crippen molar-refractivity contribution in [2.24, 2.45) is 0 Å². The van der Waals surface area contributed by atoms with E-state index in [0.717, 1.165) is 12.0 Å². The van der Waals surface area contributed by atoms with Gasteiger partial charge in [-0.3, -0.25) is 0 Å². The molecule has 0 amide bonds. The van der Waals surface area contributed by atoms with Crippen LogP contribution in [0.3, 0.4) is 0 Å². The predicted molar refractivity (Wildman–Crippen MR) is 65.7 cm³/mol. The van der Waals surface area contributed by atoms with Crippen molar-refractivity contribution in [2.45, 2.75) is 39.4 Å². The third-order valence-electron chi connectivity index (χ3n) is 2.67. The van der Waals surface area contributed by atoms with E-state index in [9.17, 15) is 0 Å². The maximum atomic E-state index is 5.83. The summed E-state index contributed by atoms with van der Waals surface area (Å²) in [4.78, 5) is 0. The van der Waals surface area contributed by atoms with Gasteiger partial charge in [-0.05, 0) is 37.5 Å². The Morgan fingerprint density at radius 2 is 2.13 bits per heavy atom. The van der Waals surface area contributed by atoms with E-state index in [1.807, 2.05) is 18.2 Å². The predicted octanol–water partition coefficient (Wildman–Crippen LogP) is 4.03. The molecule has 0 fully saturated rings. The smallest absolute Gasteiger partial charge is 0.0724 e. The molecule has 0 aromatic heterocycles. The molecular formula is C14H20O. The molecule has 0 N–H and O–H groups in total. The normalized spacial score (nSPS) is 11.4. The standard InChI is InChI=1S/C14H20O/c1-5-12-8-7-9-13(10-12)11-15-14(3,4)6-2/h5,7-10H,1,6,11H2,2-4H3. The van der Waals surface area contributed by atoms with Crippen molar-refractivity contribution in [3.63, 3.8) is 0 Å². The highest BCUT2D eigenvalue weighted by Crippen LogP contribution is 2.17. The first-order valence-corrected chi connectivity index (χ1v) is 5.43. The van der Waals surface area contributed by atoms with Crippen LogP contribution in [-0.4, -0.2) is 5.60 Å². The maximum absolute atomic E-state index is 5.83. The van der Waals surface area contributed by atoms with E-state index in [4.69, 9.17) is 4.74 Å². The summed E-state index contributed by atoms with van der Waals surface area (Å²) in [6.07, 6.45) is 2.88. The highest BCUT2D eigenvalue weighted by Gasteiger charge is 2.14. The minimum Gasteiger partial charge on any atom is -0.371 e. The van der Waals surface area contributed by atoms with E-state index < -0.39 is 0 Å². The SMILES string of the molecule is C=Cc1cccc(COC(C)(C)CC)c1. The van der Waals surface area contributed by atoms with Crippen LogP contribution in [-0.2, 0) is 11.3 Å². The Morgan fingerprint density at radius 1 is 1.40 bits per heavy atom. The molecule has 1 nitrogen and oxygen atoms in total. The average Bonchev–Trinajstić information content (AvgIpc) is 2.27. The number of rotatable bonds is 5. The van der Waals surface area contributed by atoms with Gasteiger partial charge in [-0.2, -0.15) is 0 Å². The Bertz CT molecular complexity index is 326. The summed E-state index contributed by atoms with van der Waals surface area (Å²) < 4.78 is 5.83. The topological polar surface area (TPSA) is 9.23 Å². The van der Waals surface area contributed by atoms with Crippen molar-refractivity contribution in [2.75, 3.05) is 0 Å². The van der Waals surface area contributed by atoms with Crippen molar-refractivity contribution in [1.29, 1.82) is 0 Å². The molecule has 82 valence electrons. The van der Waals surface area contributed by atoms with Crippen LogP contribution in [0.4, 0.5) is 0 Å². The van der Waals surface area contributed by atoms with E-state index in [-0.39, 0.29) is 5.60 Å². The minimum atomic E-state index is -0.0375.